The first-order valence-electron chi connectivity index (χ1n) is 4.63. The van der Waals surface area contributed by atoms with Crippen LogP contribution in [0.4, 0.5) is 5.82 Å². The molecule has 1 heterocycles. The van der Waals surface area contributed by atoms with Crippen LogP contribution < -0.4 is 11.1 Å². The first-order valence-corrected chi connectivity index (χ1v) is 5.00. The fourth-order valence-electron chi connectivity index (χ4n) is 1.24. The summed E-state index contributed by atoms with van der Waals surface area (Å²) in [7, 11) is 0. The number of nitrogens with two attached hydrogens (primary N) is 1. The van der Waals surface area contributed by atoms with Crippen LogP contribution in [-0.4, -0.2) is 22.4 Å². The lowest BCUT2D eigenvalue weighted by Crippen LogP contribution is -2.22. The maximum absolute atomic E-state index is 11.1. The number of nitrogens with one attached hydrogen (secondary N) is 1. The molecule has 0 fully saturated rings. The smallest absolute Gasteiger partial charge is 0.239 e. The van der Waals surface area contributed by atoms with E-state index >= 15 is 0 Å². The van der Waals surface area contributed by atoms with Gasteiger partial charge in [0.1, 0.15) is 0 Å². The Balaban J connectivity index is 2.46. The number of rotatable bonds is 2. The normalized spacial score (nSPS) is 10.4. The van der Waals surface area contributed by atoms with Gasteiger partial charge in [-0.15, -0.1) is 0 Å². The Morgan fingerprint density at radius 1 is 1.31 bits per heavy atom. The van der Waals surface area contributed by atoms with Crippen LogP contribution in [0, 0.1) is 0 Å². The number of fused-ring (bicyclic) bond motifs is 1. The maximum atomic E-state index is 11.1. The Bertz CT molecular complexity index is 543. The molecule has 5 nitrogen and oxygen atoms in total. The van der Waals surface area contributed by atoms with Crippen molar-refractivity contribution < 1.29 is 4.79 Å². The van der Waals surface area contributed by atoms with E-state index in [1.165, 1.54) is 0 Å². The molecular formula is C10H9ClN4O. The molecule has 0 spiro atoms. The van der Waals surface area contributed by atoms with Gasteiger partial charge in [0.05, 0.1) is 17.6 Å². The number of benzene rings is 1. The second-order valence-corrected chi connectivity index (χ2v) is 3.46. The number of nitrogens with zero attached hydrogens (tertiary/aromatic N) is 2. The van der Waals surface area contributed by atoms with Gasteiger partial charge in [-0.2, -0.15) is 0 Å². The molecule has 82 valence electrons. The van der Waals surface area contributed by atoms with Crippen LogP contribution in [0.3, 0.4) is 0 Å². The van der Waals surface area contributed by atoms with Crippen LogP contribution in [0.2, 0.25) is 5.15 Å². The summed E-state index contributed by atoms with van der Waals surface area (Å²) in [6, 6.07) is 7.25. The average Bonchev–Trinajstić information content (AvgIpc) is 2.30. The van der Waals surface area contributed by atoms with Crippen LogP contribution >= 0.6 is 11.6 Å². The van der Waals surface area contributed by atoms with Crippen LogP contribution in [0.1, 0.15) is 0 Å². The summed E-state index contributed by atoms with van der Waals surface area (Å²) in [5, 5.41) is 2.64. The fourth-order valence-corrected chi connectivity index (χ4v) is 1.42. The molecule has 0 bridgehead atoms. The fraction of sp³-hybridized carbons (Fsp3) is 0.100. The summed E-state index contributed by atoms with van der Waals surface area (Å²) in [6.07, 6.45) is 0. The molecule has 0 saturated heterocycles. The molecule has 0 aliphatic heterocycles. The lowest BCUT2D eigenvalue weighted by atomic mass is 10.3. The molecule has 0 saturated carbocycles. The Morgan fingerprint density at radius 3 is 2.56 bits per heavy atom. The molecule has 2 aromatic rings. The number of aromatic nitrogens is 2. The second-order valence-electron chi connectivity index (χ2n) is 3.10. The monoisotopic (exact) mass is 236 g/mol. The number of halogens is 1. The quantitative estimate of drug-likeness (QED) is 0.821. The zero-order valence-corrected chi connectivity index (χ0v) is 9.03. The van der Waals surface area contributed by atoms with Gasteiger partial charge in [0.25, 0.3) is 0 Å². The maximum Gasteiger partial charge on any atom is 0.239 e. The summed E-state index contributed by atoms with van der Waals surface area (Å²) in [4.78, 5) is 19.4. The minimum atomic E-state index is -0.355. The SMILES string of the molecule is NCC(=O)Nc1nc2ccccc2nc1Cl. The van der Waals surface area contributed by atoms with Gasteiger partial charge < -0.3 is 11.1 Å². The largest absolute Gasteiger partial charge is 0.322 e. The van der Waals surface area contributed by atoms with Gasteiger partial charge in [-0.1, -0.05) is 23.7 Å². The lowest BCUT2D eigenvalue weighted by Gasteiger charge is -2.05. The summed E-state index contributed by atoms with van der Waals surface area (Å²) in [6.45, 7) is -0.120. The van der Waals surface area contributed by atoms with Gasteiger partial charge in [-0.05, 0) is 12.1 Å². The summed E-state index contributed by atoms with van der Waals surface area (Å²) >= 11 is 5.88. The van der Waals surface area contributed by atoms with Gasteiger partial charge in [0.2, 0.25) is 5.91 Å². The highest BCUT2D eigenvalue weighted by Gasteiger charge is 2.08. The summed E-state index contributed by atoms with van der Waals surface area (Å²) < 4.78 is 0. The third-order valence-corrected chi connectivity index (χ3v) is 2.23. The average molecular weight is 237 g/mol. The molecule has 0 aliphatic carbocycles. The minimum absolute atomic E-state index is 0.120. The highest BCUT2D eigenvalue weighted by molar-refractivity contribution is 6.32. The van der Waals surface area contributed by atoms with Crippen LogP contribution in [0.15, 0.2) is 24.3 Å². The molecule has 1 aromatic heterocycles. The van der Waals surface area contributed by atoms with E-state index in [0.29, 0.717) is 11.0 Å². The van der Waals surface area contributed by atoms with E-state index in [0.717, 1.165) is 0 Å². The predicted octanol–water partition coefficient (Wildman–Crippen LogP) is 1.18. The van der Waals surface area contributed by atoms with Crippen molar-refractivity contribution in [1.82, 2.24) is 9.97 Å². The molecule has 0 atom stereocenters. The highest BCUT2D eigenvalue weighted by atomic mass is 35.5. The number of hydrogen-bond acceptors (Lipinski definition) is 4. The third kappa shape index (κ3) is 2.10. The van der Waals surface area contributed by atoms with Gasteiger partial charge in [-0.25, -0.2) is 9.97 Å². The van der Waals surface area contributed by atoms with Gasteiger partial charge in [0, 0.05) is 0 Å². The minimum Gasteiger partial charge on any atom is -0.322 e. The molecule has 0 unspecified atom stereocenters. The third-order valence-electron chi connectivity index (χ3n) is 1.97. The van der Waals surface area contributed by atoms with Crippen molar-refractivity contribution in [1.29, 1.82) is 0 Å². The Kier molecular flexibility index (Phi) is 2.98. The number of carbonyl (C=O) groups excluding carboxylic acids is 1. The van der Waals surface area contributed by atoms with E-state index in [2.05, 4.69) is 15.3 Å². The van der Waals surface area contributed by atoms with Crippen molar-refractivity contribution in [2.24, 2.45) is 5.73 Å². The predicted molar refractivity (Wildman–Crippen MR) is 62.2 cm³/mol. The van der Waals surface area contributed by atoms with Crippen LogP contribution in [0.5, 0.6) is 0 Å². The van der Waals surface area contributed by atoms with E-state index in [9.17, 15) is 4.79 Å². The highest BCUT2D eigenvalue weighted by Crippen LogP contribution is 2.20. The van der Waals surface area contributed by atoms with E-state index in [4.69, 9.17) is 17.3 Å². The Hall–Kier alpha value is -1.72. The molecule has 2 rings (SSSR count). The first kappa shape index (κ1) is 10.8. The van der Waals surface area contributed by atoms with Crippen molar-refractivity contribution in [3.8, 4) is 0 Å². The molecule has 1 amide bonds. The molecule has 1 aromatic carbocycles. The molecular weight excluding hydrogens is 228 g/mol. The van der Waals surface area contributed by atoms with Crippen molar-refractivity contribution in [3.63, 3.8) is 0 Å². The van der Waals surface area contributed by atoms with E-state index in [1.54, 1.807) is 12.1 Å². The number of hydrogen-bond donors (Lipinski definition) is 2. The van der Waals surface area contributed by atoms with Crippen molar-refractivity contribution in [3.05, 3.63) is 29.4 Å². The molecule has 6 heteroatoms. The zero-order chi connectivity index (χ0) is 11.5. The summed E-state index contributed by atoms with van der Waals surface area (Å²) in [5.41, 5.74) is 6.52. The molecule has 3 N–H and O–H groups in total. The number of anilines is 1. The second kappa shape index (κ2) is 4.42. The number of carbonyl (C=O) groups is 1. The van der Waals surface area contributed by atoms with Crippen molar-refractivity contribution in [2.75, 3.05) is 11.9 Å². The van der Waals surface area contributed by atoms with Crippen LogP contribution in [0.25, 0.3) is 11.0 Å². The lowest BCUT2D eigenvalue weighted by molar-refractivity contribution is -0.114. The van der Waals surface area contributed by atoms with Crippen molar-refractivity contribution in [2.45, 2.75) is 0 Å². The zero-order valence-electron chi connectivity index (χ0n) is 8.27. The molecule has 0 aliphatic rings. The molecule has 0 radical (unpaired) electrons. The van der Waals surface area contributed by atoms with E-state index in [1.807, 2.05) is 12.1 Å². The van der Waals surface area contributed by atoms with Gasteiger partial charge in [0.15, 0.2) is 11.0 Å². The Labute approximate surface area is 96.6 Å². The van der Waals surface area contributed by atoms with E-state index in [-0.39, 0.29) is 23.4 Å². The van der Waals surface area contributed by atoms with Gasteiger partial charge in [-0.3, -0.25) is 4.79 Å². The number of amides is 1. The van der Waals surface area contributed by atoms with Gasteiger partial charge >= 0.3 is 0 Å². The first-order chi connectivity index (χ1) is 7.70. The Morgan fingerprint density at radius 2 is 1.94 bits per heavy atom. The molecule has 16 heavy (non-hydrogen) atoms. The standard InChI is InChI=1S/C10H9ClN4O/c11-9-10(15-8(16)5-12)14-7-4-2-1-3-6(7)13-9/h1-4H,5,12H2,(H,14,15,16). The summed E-state index contributed by atoms with van der Waals surface area (Å²) in [5.74, 6) is -0.123. The number of para-hydroxylation sites is 2. The van der Waals surface area contributed by atoms with Crippen LogP contribution in [-0.2, 0) is 4.79 Å². The topological polar surface area (TPSA) is 80.9 Å². The van der Waals surface area contributed by atoms with Crippen molar-refractivity contribution >= 4 is 34.4 Å². The van der Waals surface area contributed by atoms with E-state index < -0.39 is 0 Å².